The lowest BCUT2D eigenvalue weighted by Gasteiger charge is -2.29. The molecule has 0 spiro atoms. The number of halogens is 1. The van der Waals surface area contributed by atoms with Crippen molar-refractivity contribution in [2.24, 2.45) is 11.8 Å². The molecule has 0 aromatic heterocycles. The van der Waals surface area contributed by atoms with E-state index < -0.39 is 6.04 Å². The van der Waals surface area contributed by atoms with Crippen LogP contribution in [0.3, 0.4) is 0 Å². The Balaban J connectivity index is 1.70. The van der Waals surface area contributed by atoms with E-state index in [4.69, 9.17) is 0 Å². The van der Waals surface area contributed by atoms with Gasteiger partial charge in [-0.05, 0) is 44.4 Å². The molecule has 31 heavy (non-hydrogen) atoms. The number of likely N-dealkylation sites (N-methyl/N-ethyl adjacent to an activating group) is 1. The molecule has 4 amide bonds. The van der Waals surface area contributed by atoms with Gasteiger partial charge in [0, 0.05) is 26.1 Å². The van der Waals surface area contributed by atoms with Crippen molar-refractivity contribution in [2.75, 3.05) is 13.1 Å². The monoisotopic (exact) mass is 429 g/mol. The third-order valence-electron chi connectivity index (χ3n) is 5.93. The van der Waals surface area contributed by atoms with Gasteiger partial charge in [0.1, 0.15) is 11.9 Å². The first-order valence-corrected chi connectivity index (χ1v) is 10.6. The Morgan fingerprint density at radius 2 is 1.71 bits per heavy atom. The number of carbonyl (C=O) groups is 4. The van der Waals surface area contributed by atoms with E-state index in [-0.39, 0.29) is 60.8 Å². The van der Waals surface area contributed by atoms with Crippen molar-refractivity contribution in [1.82, 2.24) is 15.1 Å². The van der Waals surface area contributed by atoms with Crippen molar-refractivity contribution in [3.8, 4) is 0 Å². The summed E-state index contributed by atoms with van der Waals surface area (Å²) >= 11 is 0. The van der Waals surface area contributed by atoms with Gasteiger partial charge in [-0.15, -0.1) is 0 Å². The van der Waals surface area contributed by atoms with Gasteiger partial charge in [-0.3, -0.25) is 24.1 Å². The predicted octanol–water partition coefficient (Wildman–Crippen LogP) is 2.02. The van der Waals surface area contributed by atoms with Gasteiger partial charge in [-0.2, -0.15) is 0 Å². The largest absolute Gasteiger partial charge is 0.355 e. The Labute approximate surface area is 181 Å². The fourth-order valence-corrected chi connectivity index (χ4v) is 4.13. The molecule has 8 heteroatoms. The van der Waals surface area contributed by atoms with Crippen LogP contribution in [0.25, 0.3) is 0 Å². The van der Waals surface area contributed by atoms with Crippen LogP contribution in [-0.4, -0.2) is 52.6 Å². The number of amides is 4. The Kier molecular flexibility index (Phi) is 7.20. The summed E-state index contributed by atoms with van der Waals surface area (Å²) in [6.45, 7) is 3.95. The number of hydrogen-bond donors (Lipinski definition) is 1. The highest BCUT2D eigenvalue weighted by atomic mass is 19.1. The van der Waals surface area contributed by atoms with Crippen LogP contribution < -0.4 is 5.32 Å². The first-order valence-electron chi connectivity index (χ1n) is 10.6. The number of fused-ring (bicyclic) bond motifs is 1. The molecule has 3 atom stereocenters. The van der Waals surface area contributed by atoms with Crippen molar-refractivity contribution < 1.29 is 23.6 Å². The molecule has 0 saturated carbocycles. The number of nitrogens with zero attached hydrogens (tertiary/aromatic N) is 2. The predicted molar refractivity (Wildman–Crippen MR) is 112 cm³/mol. The third-order valence-corrected chi connectivity index (χ3v) is 5.93. The summed E-state index contributed by atoms with van der Waals surface area (Å²) in [4.78, 5) is 53.3. The van der Waals surface area contributed by atoms with Gasteiger partial charge in [-0.25, -0.2) is 4.39 Å². The molecule has 1 aliphatic carbocycles. The number of likely N-dealkylation sites (tertiary alicyclic amines) is 1. The van der Waals surface area contributed by atoms with Gasteiger partial charge in [0.05, 0.1) is 11.8 Å². The maximum Gasteiger partial charge on any atom is 0.242 e. The van der Waals surface area contributed by atoms with Crippen LogP contribution in [0.4, 0.5) is 4.39 Å². The van der Waals surface area contributed by atoms with Crippen LogP contribution in [0.15, 0.2) is 36.4 Å². The van der Waals surface area contributed by atoms with Crippen LogP contribution in [0.5, 0.6) is 0 Å². The summed E-state index contributed by atoms with van der Waals surface area (Å²) in [6, 6.07) is 4.96. The number of nitrogens with one attached hydrogen (secondary N) is 1. The molecule has 2 aliphatic rings. The number of allylic oxidation sites excluding steroid dienone is 2. The minimum atomic E-state index is -0.755. The zero-order chi connectivity index (χ0) is 22.5. The highest BCUT2D eigenvalue weighted by molar-refractivity contribution is 6.05. The Morgan fingerprint density at radius 3 is 2.26 bits per heavy atom. The van der Waals surface area contributed by atoms with Crippen molar-refractivity contribution in [3.63, 3.8) is 0 Å². The molecule has 166 valence electrons. The number of hydrogen-bond acceptors (Lipinski definition) is 4. The summed E-state index contributed by atoms with van der Waals surface area (Å²) in [6.07, 6.45) is 4.85. The van der Waals surface area contributed by atoms with Crippen molar-refractivity contribution in [1.29, 1.82) is 0 Å². The maximum atomic E-state index is 13.2. The molecule has 1 aromatic carbocycles. The van der Waals surface area contributed by atoms with E-state index in [1.165, 1.54) is 21.9 Å². The smallest absolute Gasteiger partial charge is 0.242 e. The molecule has 1 fully saturated rings. The van der Waals surface area contributed by atoms with E-state index in [9.17, 15) is 23.6 Å². The molecule has 7 nitrogen and oxygen atoms in total. The normalized spacial score (nSPS) is 21.1. The molecule has 0 bridgehead atoms. The minimum Gasteiger partial charge on any atom is -0.355 e. The van der Waals surface area contributed by atoms with Crippen LogP contribution in [0, 0.1) is 17.7 Å². The molecule has 1 saturated heterocycles. The third kappa shape index (κ3) is 5.00. The van der Waals surface area contributed by atoms with E-state index in [1.807, 2.05) is 12.2 Å². The molecule has 1 aromatic rings. The lowest BCUT2D eigenvalue weighted by molar-refractivity contribution is -0.143. The Bertz CT molecular complexity index is 857. The van der Waals surface area contributed by atoms with E-state index in [2.05, 4.69) is 5.32 Å². The highest BCUT2D eigenvalue weighted by Gasteiger charge is 2.47. The average Bonchev–Trinajstić information content (AvgIpc) is 3.01. The molecular weight excluding hydrogens is 401 g/mol. The second kappa shape index (κ2) is 9.85. The minimum absolute atomic E-state index is 0.00840. The van der Waals surface area contributed by atoms with Crippen LogP contribution in [0.2, 0.25) is 0 Å². The second-order valence-electron chi connectivity index (χ2n) is 7.95. The standard InChI is InChI=1S/C23H28FN3O4/c1-3-25-21(29)15(2)27(14-16-8-10-17(24)11-9-16)20(28)12-13-26-22(30)18-6-4-5-7-19(18)23(26)31/h4-5,8-11,15,18-19H,3,6-7,12-14H2,1-2H3,(H,25,29)/t15-,18-,19+/m1/s1. The lowest BCUT2D eigenvalue weighted by atomic mass is 9.85. The summed E-state index contributed by atoms with van der Waals surface area (Å²) < 4.78 is 13.2. The van der Waals surface area contributed by atoms with E-state index in [1.54, 1.807) is 26.0 Å². The Morgan fingerprint density at radius 1 is 1.13 bits per heavy atom. The van der Waals surface area contributed by atoms with Crippen LogP contribution in [-0.2, 0) is 25.7 Å². The van der Waals surface area contributed by atoms with Gasteiger partial charge in [0.2, 0.25) is 23.6 Å². The van der Waals surface area contributed by atoms with Crippen molar-refractivity contribution in [2.45, 2.75) is 45.7 Å². The summed E-state index contributed by atoms with van der Waals surface area (Å²) in [7, 11) is 0. The fourth-order valence-electron chi connectivity index (χ4n) is 4.13. The average molecular weight is 429 g/mol. The topological polar surface area (TPSA) is 86.8 Å². The van der Waals surface area contributed by atoms with Gasteiger partial charge < -0.3 is 10.2 Å². The molecule has 3 rings (SSSR count). The first kappa shape index (κ1) is 22.7. The molecule has 0 radical (unpaired) electrons. The lowest BCUT2D eigenvalue weighted by Crippen LogP contribution is -2.48. The highest BCUT2D eigenvalue weighted by Crippen LogP contribution is 2.35. The fraction of sp³-hybridized carbons (Fsp3) is 0.478. The summed E-state index contributed by atoms with van der Waals surface area (Å²) in [5, 5.41) is 2.70. The van der Waals surface area contributed by atoms with Crippen molar-refractivity contribution >= 4 is 23.6 Å². The molecule has 1 heterocycles. The maximum absolute atomic E-state index is 13.2. The summed E-state index contributed by atoms with van der Waals surface area (Å²) in [5.41, 5.74) is 0.677. The van der Waals surface area contributed by atoms with E-state index in [0.717, 1.165) is 0 Å². The van der Waals surface area contributed by atoms with E-state index in [0.29, 0.717) is 24.9 Å². The summed E-state index contributed by atoms with van der Waals surface area (Å²) in [5.74, 6) is -2.17. The number of carbonyl (C=O) groups excluding carboxylic acids is 4. The SMILES string of the molecule is CCNC(=O)[C@@H](C)N(Cc1ccc(F)cc1)C(=O)CCN1C(=O)[C@H]2CC=CC[C@H]2C1=O. The number of benzene rings is 1. The number of imide groups is 1. The molecule has 1 aliphatic heterocycles. The van der Waals surface area contributed by atoms with Gasteiger partial charge in [-0.1, -0.05) is 24.3 Å². The molecular formula is C23H28FN3O4. The Hall–Kier alpha value is -3.03. The molecule has 0 unspecified atom stereocenters. The first-order chi connectivity index (χ1) is 14.8. The van der Waals surface area contributed by atoms with Gasteiger partial charge in [0.25, 0.3) is 0 Å². The second-order valence-corrected chi connectivity index (χ2v) is 7.95. The van der Waals surface area contributed by atoms with Crippen LogP contribution >= 0.6 is 0 Å². The zero-order valence-corrected chi connectivity index (χ0v) is 17.8. The van der Waals surface area contributed by atoms with E-state index >= 15 is 0 Å². The zero-order valence-electron chi connectivity index (χ0n) is 17.8. The van der Waals surface area contributed by atoms with Gasteiger partial charge in [0.15, 0.2) is 0 Å². The number of rotatable bonds is 8. The molecule has 1 N–H and O–H groups in total. The van der Waals surface area contributed by atoms with Crippen LogP contribution in [0.1, 0.15) is 38.7 Å². The van der Waals surface area contributed by atoms with Crippen molar-refractivity contribution in [3.05, 3.63) is 47.8 Å². The van der Waals surface area contributed by atoms with Gasteiger partial charge >= 0.3 is 0 Å². The quantitative estimate of drug-likeness (QED) is 0.506.